The topological polar surface area (TPSA) is 98.7 Å². The smallest absolute Gasteiger partial charge is 0.317 e. The predicted molar refractivity (Wildman–Crippen MR) is 68.6 cm³/mol. The van der Waals surface area contributed by atoms with Crippen LogP contribution in [0.1, 0.15) is 26.2 Å². The van der Waals surface area contributed by atoms with Crippen molar-refractivity contribution in [3.8, 4) is 0 Å². The number of carboxylic acids is 1. The SMILES string of the molecule is CC(CNC(=O)N(C)CC(=O)NC1CC1)CC(=O)O. The Kier molecular flexibility index (Phi) is 5.59. The molecule has 7 nitrogen and oxygen atoms in total. The molecule has 0 aliphatic heterocycles. The van der Waals surface area contributed by atoms with Crippen molar-refractivity contribution in [2.45, 2.75) is 32.2 Å². The number of carboxylic acid groups (broad SMARTS) is 1. The Morgan fingerprint density at radius 2 is 2.00 bits per heavy atom. The van der Waals surface area contributed by atoms with E-state index in [0.29, 0.717) is 0 Å². The molecule has 1 atom stereocenters. The van der Waals surface area contributed by atoms with Gasteiger partial charge >= 0.3 is 12.0 Å². The number of hydrogen-bond donors (Lipinski definition) is 3. The van der Waals surface area contributed by atoms with Crippen molar-refractivity contribution in [2.75, 3.05) is 20.1 Å². The minimum atomic E-state index is -0.890. The normalized spacial score (nSPS) is 15.5. The number of aliphatic carboxylic acids is 1. The molecular formula is C12H21N3O4. The van der Waals surface area contributed by atoms with Gasteiger partial charge in [0.1, 0.15) is 6.54 Å². The van der Waals surface area contributed by atoms with Gasteiger partial charge in [-0.05, 0) is 18.8 Å². The van der Waals surface area contributed by atoms with Gasteiger partial charge in [-0.2, -0.15) is 0 Å². The highest BCUT2D eigenvalue weighted by molar-refractivity contribution is 5.84. The van der Waals surface area contributed by atoms with Crippen LogP contribution in [-0.4, -0.2) is 54.1 Å². The first-order valence-electron chi connectivity index (χ1n) is 6.38. The predicted octanol–water partition coefficient (Wildman–Crippen LogP) is 0.0172. The van der Waals surface area contributed by atoms with Gasteiger partial charge < -0.3 is 20.6 Å². The number of urea groups is 1. The van der Waals surface area contributed by atoms with Crippen LogP contribution < -0.4 is 10.6 Å². The molecule has 0 heterocycles. The molecule has 1 aliphatic carbocycles. The van der Waals surface area contributed by atoms with Crippen molar-refractivity contribution in [2.24, 2.45) is 5.92 Å². The van der Waals surface area contributed by atoms with E-state index in [2.05, 4.69) is 10.6 Å². The first kappa shape index (κ1) is 15.3. The standard InChI is InChI=1S/C12H21N3O4/c1-8(5-11(17)18)6-13-12(19)15(2)7-10(16)14-9-3-4-9/h8-9H,3-7H2,1-2H3,(H,13,19)(H,14,16)(H,17,18). The Morgan fingerprint density at radius 3 is 2.53 bits per heavy atom. The summed E-state index contributed by atoms with van der Waals surface area (Å²) in [5.74, 6) is -1.20. The first-order valence-corrected chi connectivity index (χ1v) is 6.38. The lowest BCUT2D eigenvalue weighted by atomic mass is 10.1. The molecule has 0 bridgehead atoms. The monoisotopic (exact) mass is 271 g/mol. The van der Waals surface area contributed by atoms with Crippen molar-refractivity contribution < 1.29 is 19.5 Å². The molecule has 1 saturated carbocycles. The highest BCUT2D eigenvalue weighted by atomic mass is 16.4. The third-order valence-corrected chi connectivity index (χ3v) is 2.79. The highest BCUT2D eigenvalue weighted by Gasteiger charge is 2.24. The average Bonchev–Trinajstić information content (AvgIpc) is 3.08. The van der Waals surface area contributed by atoms with Crippen LogP contribution in [-0.2, 0) is 9.59 Å². The van der Waals surface area contributed by atoms with Crippen LogP contribution in [0.4, 0.5) is 4.79 Å². The number of carbonyl (C=O) groups excluding carboxylic acids is 2. The van der Waals surface area contributed by atoms with E-state index in [1.807, 2.05) is 0 Å². The van der Waals surface area contributed by atoms with Gasteiger partial charge in [-0.25, -0.2) is 4.79 Å². The average molecular weight is 271 g/mol. The molecule has 1 rings (SSSR count). The summed E-state index contributed by atoms with van der Waals surface area (Å²) < 4.78 is 0. The van der Waals surface area contributed by atoms with E-state index < -0.39 is 5.97 Å². The van der Waals surface area contributed by atoms with Crippen molar-refractivity contribution >= 4 is 17.9 Å². The molecule has 1 aliphatic rings. The summed E-state index contributed by atoms with van der Waals surface area (Å²) in [6.45, 7) is 2.03. The summed E-state index contributed by atoms with van der Waals surface area (Å²) in [6.07, 6.45) is 2.02. The van der Waals surface area contributed by atoms with Gasteiger partial charge in [0.2, 0.25) is 5.91 Å². The van der Waals surface area contributed by atoms with Crippen molar-refractivity contribution in [3.05, 3.63) is 0 Å². The summed E-state index contributed by atoms with van der Waals surface area (Å²) in [4.78, 5) is 34.9. The second-order valence-corrected chi connectivity index (χ2v) is 5.09. The van der Waals surface area contributed by atoms with Gasteiger partial charge in [-0.15, -0.1) is 0 Å². The number of likely N-dealkylation sites (N-methyl/N-ethyl adjacent to an activating group) is 1. The lowest BCUT2D eigenvalue weighted by Crippen LogP contribution is -2.44. The molecule has 0 spiro atoms. The lowest BCUT2D eigenvalue weighted by Gasteiger charge is -2.19. The van der Waals surface area contributed by atoms with Crippen LogP contribution >= 0.6 is 0 Å². The summed E-state index contributed by atoms with van der Waals surface area (Å²) in [5.41, 5.74) is 0. The molecule has 0 saturated heterocycles. The maximum absolute atomic E-state index is 11.7. The van der Waals surface area contributed by atoms with E-state index in [1.54, 1.807) is 6.92 Å². The number of nitrogens with one attached hydrogen (secondary N) is 2. The number of nitrogens with zero attached hydrogens (tertiary/aromatic N) is 1. The largest absolute Gasteiger partial charge is 0.481 e. The fourth-order valence-corrected chi connectivity index (χ4v) is 1.55. The van der Waals surface area contributed by atoms with Gasteiger partial charge in [0.15, 0.2) is 0 Å². The van der Waals surface area contributed by atoms with Crippen LogP contribution in [0.25, 0.3) is 0 Å². The van der Waals surface area contributed by atoms with Crippen molar-refractivity contribution in [1.82, 2.24) is 15.5 Å². The van der Waals surface area contributed by atoms with Crippen LogP contribution in [0.2, 0.25) is 0 Å². The number of hydrogen-bond acceptors (Lipinski definition) is 3. The summed E-state index contributed by atoms with van der Waals surface area (Å²) in [7, 11) is 1.53. The van der Waals surface area contributed by atoms with Gasteiger partial charge in [-0.3, -0.25) is 9.59 Å². The second kappa shape index (κ2) is 6.96. The van der Waals surface area contributed by atoms with Gasteiger partial charge in [-0.1, -0.05) is 6.92 Å². The molecule has 19 heavy (non-hydrogen) atoms. The second-order valence-electron chi connectivity index (χ2n) is 5.09. The first-order chi connectivity index (χ1) is 8.88. The molecule has 0 aromatic heterocycles. The Morgan fingerprint density at radius 1 is 1.37 bits per heavy atom. The Labute approximate surface area is 112 Å². The third-order valence-electron chi connectivity index (χ3n) is 2.79. The fourth-order valence-electron chi connectivity index (χ4n) is 1.55. The number of amides is 3. The van der Waals surface area contributed by atoms with E-state index in [9.17, 15) is 14.4 Å². The van der Waals surface area contributed by atoms with Crippen LogP contribution in [0.15, 0.2) is 0 Å². The summed E-state index contributed by atoms with van der Waals surface area (Å²) >= 11 is 0. The van der Waals surface area contributed by atoms with Gasteiger partial charge in [0.05, 0.1) is 0 Å². The zero-order valence-electron chi connectivity index (χ0n) is 11.3. The molecule has 1 unspecified atom stereocenters. The van der Waals surface area contributed by atoms with E-state index in [-0.39, 0.29) is 43.4 Å². The number of rotatable bonds is 7. The molecule has 1 fully saturated rings. The highest BCUT2D eigenvalue weighted by Crippen LogP contribution is 2.18. The zero-order valence-corrected chi connectivity index (χ0v) is 11.3. The van der Waals surface area contributed by atoms with Crippen LogP contribution in [0.3, 0.4) is 0 Å². The van der Waals surface area contributed by atoms with Crippen molar-refractivity contribution in [3.63, 3.8) is 0 Å². The minimum absolute atomic E-state index is 0.00611. The minimum Gasteiger partial charge on any atom is -0.481 e. The van der Waals surface area contributed by atoms with Gasteiger partial charge in [0, 0.05) is 26.1 Å². The number of carbonyl (C=O) groups is 3. The summed E-state index contributed by atoms with van der Waals surface area (Å²) in [6, 6.07) is -0.0947. The molecule has 0 aromatic rings. The Bertz CT molecular complexity index is 355. The molecule has 108 valence electrons. The maximum atomic E-state index is 11.7. The van der Waals surface area contributed by atoms with E-state index in [1.165, 1.54) is 11.9 Å². The Balaban J connectivity index is 2.19. The van der Waals surface area contributed by atoms with Crippen LogP contribution in [0.5, 0.6) is 0 Å². The molecule has 7 heteroatoms. The molecular weight excluding hydrogens is 250 g/mol. The molecule has 3 amide bonds. The van der Waals surface area contributed by atoms with E-state index in [4.69, 9.17) is 5.11 Å². The van der Waals surface area contributed by atoms with Crippen LogP contribution in [0, 0.1) is 5.92 Å². The van der Waals surface area contributed by atoms with E-state index in [0.717, 1.165) is 12.8 Å². The molecule has 3 N–H and O–H groups in total. The van der Waals surface area contributed by atoms with Crippen molar-refractivity contribution in [1.29, 1.82) is 0 Å². The van der Waals surface area contributed by atoms with Gasteiger partial charge in [0.25, 0.3) is 0 Å². The molecule has 0 radical (unpaired) electrons. The zero-order chi connectivity index (χ0) is 14.4. The summed E-state index contributed by atoms with van der Waals surface area (Å²) in [5, 5.41) is 14.0. The molecule has 0 aromatic carbocycles. The lowest BCUT2D eigenvalue weighted by molar-refractivity contribution is -0.137. The van der Waals surface area contributed by atoms with E-state index >= 15 is 0 Å². The quantitative estimate of drug-likeness (QED) is 0.607. The third kappa shape index (κ3) is 6.64. The Hall–Kier alpha value is -1.79. The maximum Gasteiger partial charge on any atom is 0.317 e. The fraction of sp³-hybridized carbons (Fsp3) is 0.750.